The van der Waals surface area contributed by atoms with Gasteiger partial charge in [-0.05, 0) is 57.9 Å². The number of hydrogen-bond acceptors (Lipinski definition) is 3. The predicted molar refractivity (Wildman–Crippen MR) is 86.7 cm³/mol. The van der Waals surface area contributed by atoms with Crippen LogP contribution in [0.1, 0.15) is 37.7 Å². The van der Waals surface area contributed by atoms with Gasteiger partial charge >= 0.3 is 0 Å². The standard InChI is InChI=1S/C18H28N2O/c1-21-18-8-4-3-7-16(18)15-19-13-9-17(10-14-19)20-11-5-2-6-12-20/h3-4,7-8,17H,2,5-6,9-15H2,1H3. The van der Waals surface area contributed by atoms with Crippen LogP contribution in [0, 0.1) is 0 Å². The first-order valence-electron chi connectivity index (χ1n) is 8.45. The maximum atomic E-state index is 5.47. The van der Waals surface area contributed by atoms with Crippen LogP contribution in [0.4, 0.5) is 0 Å². The normalized spacial score (nSPS) is 22.3. The minimum absolute atomic E-state index is 0.833. The molecule has 3 rings (SSSR count). The zero-order chi connectivity index (χ0) is 14.5. The molecule has 3 nitrogen and oxygen atoms in total. The van der Waals surface area contributed by atoms with Gasteiger partial charge in [-0.15, -0.1) is 0 Å². The van der Waals surface area contributed by atoms with Crippen molar-refractivity contribution in [2.24, 2.45) is 0 Å². The number of piperidine rings is 2. The lowest BCUT2D eigenvalue weighted by molar-refractivity contribution is 0.0893. The third-order valence-electron chi connectivity index (χ3n) is 5.05. The quantitative estimate of drug-likeness (QED) is 0.846. The third-order valence-corrected chi connectivity index (χ3v) is 5.05. The fourth-order valence-corrected chi connectivity index (χ4v) is 3.80. The maximum Gasteiger partial charge on any atom is 0.123 e. The summed E-state index contributed by atoms with van der Waals surface area (Å²) in [6, 6.07) is 9.24. The lowest BCUT2D eigenvalue weighted by atomic mass is 9.99. The van der Waals surface area contributed by atoms with Crippen LogP contribution in [0.25, 0.3) is 0 Å². The Morgan fingerprint density at radius 1 is 1.00 bits per heavy atom. The van der Waals surface area contributed by atoms with E-state index >= 15 is 0 Å². The van der Waals surface area contributed by atoms with Crippen molar-refractivity contribution >= 4 is 0 Å². The predicted octanol–water partition coefficient (Wildman–Crippen LogP) is 3.15. The Balaban J connectivity index is 1.51. The molecule has 0 N–H and O–H groups in total. The smallest absolute Gasteiger partial charge is 0.123 e. The van der Waals surface area contributed by atoms with E-state index in [1.54, 1.807) is 7.11 Å². The Hall–Kier alpha value is -1.06. The van der Waals surface area contributed by atoms with Crippen LogP contribution in [0.15, 0.2) is 24.3 Å². The molecule has 0 atom stereocenters. The monoisotopic (exact) mass is 288 g/mol. The minimum atomic E-state index is 0.833. The number of benzene rings is 1. The number of ether oxygens (including phenoxy) is 1. The van der Waals surface area contributed by atoms with Crippen molar-refractivity contribution in [2.75, 3.05) is 33.3 Å². The van der Waals surface area contributed by atoms with Crippen LogP contribution >= 0.6 is 0 Å². The van der Waals surface area contributed by atoms with Crippen LogP contribution in [-0.4, -0.2) is 49.1 Å². The zero-order valence-corrected chi connectivity index (χ0v) is 13.3. The van der Waals surface area contributed by atoms with Gasteiger partial charge in [-0.3, -0.25) is 4.90 Å². The van der Waals surface area contributed by atoms with Gasteiger partial charge in [0.25, 0.3) is 0 Å². The van der Waals surface area contributed by atoms with Crippen LogP contribution in [0.3, 0.4) is 0 Å². The van der Waals surface area contributed by atoms with Gasteiger partial charge in [0.05, 0.1) is 7.11 Å². The molecule has 0 aromatic heterocycles. The van der Waals surface area contributed by atoms with Crippen LogP contribution < -0.4 is 4.74 Å². The minimum Gasteiger partial charge on any atom is -0.496 e. The lowest BCUT2D eigenvalue weighted by Crippen LogP contribution is -2.46. The third kappa shape index (κ3) is 3.78. The maximum absolute atomic E-state index is 5.47. The number of methoxy groups -OCH3 is 1. The first kappa shape index (κ1) is 14.9. The van der Waals surface area contributed by atoms with E-state index in [1.807, 2.05) is 6.07 Å². The molecule has 1 aromatic carbocycles. The van der Waals surface area contributed by atoms with Crippen molar-refractivity contribution in [3.63, 3.8) is 0 Å². The average molecular weight is 288 g/mol. The fraction of sp³-hybridized carbons (Fsp3) is 0.667. The van der Waals surface area contributed by atoms with Gasteiger partial charge < -0.3 is 9.64 Å². The number of rotatable bonds is 4. The number of nitrogens with zero attached hydrogens (tertiary/aromatic N) is 2. The van der Waals surface area contributed by atoms with Crippen molar-refractivity contribution in [3.8, 4) is 5.75 Å². The summed E-state index contributed by atoms with van der Waals surface area (Å²) in [6.07, 6.45) is 6.90. The molecule has 0 amide bonds. The Bertz CT molecular complexity index is 435. The molecule has 2 aliphatic heterocycles. The van der Waals surface area contributed by atoms with Gasteiger partial charge in [-0.25, -0.2) is 0 Å². The summed E-state index contributed by atoms with van der Waals surface area (Å²) in [6.45, 7) is 6.13. The molecule has 0 unspecified atom stereocenters. The van der Waals surface area contributed by atoms with E-state index in [-0.39, 0.29) is 0 Å². The van der Waals surface area contributed by atoms with Gasteiger partial charge in [0.2, 0.25) is 0 Å². The molecule has 2 heterocycles. The van der Waals surface area contributed by atoms with E-state index in [0.29, 0.717) is 0 Å². The van der Waals surface area contributed by atoms with Crippen molar-refractivity contribution < 1.29 is 4.74 Å². The molecule has 0 radical (unpaired) electrons. The zero-order valence-electron chi connectivity index (χ0n) is 13.3. The van der Waals surface area contributed by atoms with Crippen molar-refractivity contribution in [3.05, 3.63) is 29.8 Å². The second kappa shape index (κ2) is 7.28. The summed E-state index contributed by atoms with van der Waals surface area (Å²) in [5.74, 6) is 1.02. The topological polar surface area (TPSA) is 15.7 Å². The lowest BCUT2D eigenvalue weighted by Gasteiger charge is -2.40. The van der Waals surface area contributed by atoms with E-state index < -0.39 is 0 Å². The summed E-state index contributed by atoms with van der Waals surface area (Å²) in [4.78, 5) is 5.32. The van der Waals surface area contributed by atoms with Gasteiger partial charge in [0.1, 0.15) is 5.75 Å². The Labute approximate surface area is 128 Å². The summed E-state index contributed by atoms with van der Waals surface area (Å²) in [7, 11) is 1.77. The second-order valence-electron chi connectivity index (χ2n) is 6.42. The molecule has 2 aliphatic rings. The van der Waals surface area contributed by atoms with Gasteiger partial charge in [0.15, 0.2) is 0 Å². The molecule has 0 spiro atoms. The molecule has 0 aliphatic carbocycles. The van der Waals surface area contributed by atoms with Gasteiger partial charge in [0, 0.05) is 18.2 Å². The molecule has 0 saturated carbocycles. The average Bonchev–Trinajstić information content (AvgIpc) is 2.57. The van der Waals surface area contributed by atoms with Crippen LogP contribution in [0.5, 0.6) is 5.75 Å². The molecule has 2 fully saturated rings. The summed E-state index contributed by atoms with van der Waals surface area (Å²) >= 11 is 0. The van der Waals surface area contributed by atoms with Crippen molar-refractivity contribution in [2.45, 2.75) is 44.7 Å². The molecular weight excluding hydrogens is 260 g/mol. The second-order valence-corrected chi connectivity index (χ2v) is 6.42. The van der Waals surface area contributed by atoms with E-state index in [9.17, 15) is 0 Å². The molecule has 21 heavy (non-hydrogen) atoms. The highest BCUT2D eigenvalue weighted by Gasteiger charge is 2.25. The number of hydrogen-bond donors (Lipinski definition) is 0. The summed E-state index contributed by atoms with van der Waals surface area (Å²) < 4.78 is 5.47. The molecule has 3 heteroatoms. The fourth-order valence-electron chi connectivity index (χ4n) is 3.80. The van der Waals surface area contributed by atoms with Crippen molar-refractivity contribution in [1.29, 1.82) is 0 Å². The molecule has 0 bridgehead atoms. The van der Waals surface area contributed by atoms with E-state index in [0.717, 1.165) is 18.3 Å². The summed E-state index contributed by atoms with van der Waals surface area (Å²) in [5.41, 5.74) is 1.32. The summed E-state index contributed by atoms with van der Waals surface area (Å²) in [5, 5.41) is 0. The highest BCUT2D eigenvalue weighted by Crippen LogP contribution is 2.24. The SMILES string of the molecule is COc1ccccc1CN1CCC(N2CCCCC2)CC1. The molecular formula is C18H28N2O. The number of para-hydroxylation sites is 1. The van der Waals surface area contributed by atoms with E-state index in [2.05, 4.69) is 28.0 Å². The van der Waals surface area contributed by atoms with Crippen molar-refractivity contribution in [1.82, 2.24) is 9.80 Å². The Morgan fingerprint density at radius 3 is 2.43 bits per heavy atom. The number of likely N-dealkylation sites (tertiary alicyclic amines) is 2. The molecule has 2 saturated heterocycles. The Kier molecular flexibility index (Phi) is 5.15. The van der Waals surface area contributed by atoms with Gasteiger partial charge in [-0.1, -0.05) is 24.6 Å². The highest BCUT2D eigenvalue weighted by atomic mass is 16.5. The largest absolute Gasteiger partial charge is 0.496 e. The molecule has 116 valence electrons. The Morgan fingerprint density at radius 2 is 1.71 bits per heavy atom. The highest BCUT2D eigenvalue weighted by molar-refractivity contribution is 5.33. The van der Waals surface area contributed by atoms with E-state index in [1.165, 1.54) is 63.8 Å². The first-order chi connectivity index (χ1) is 10.4. The molecule has 1 aromatic rings. The van der Waals surface area contributed by atoms with E-state index in [4.69, 9.17) is 4.74 Å². The first-order valence-corrected chi connectivity index (χ1v) is 8.45. The van der Waals surface area contributed by atoms with Crippen LogP contribution in [0.2, 0.25) is 0 Å². The van der Waals surface area contributed by atoms with Crippen LogP contribution in [-0.2, 0) is 6.54 Å². The van der Waals surface area contributed by atoms with Gasteiger partial charge in [-0.2, -0.15) is 0 Å².